The van der Waals surface area contributed by atoms with Crippen LogP contribution in [0.2, 0.25) is 5.02 Å². The van der Waals surface area contributed by atoms with Gasteiger partial charge in [0, 0.05) is 43.3 Å². The summed E-state index contributed by atoms with van der Waals surface area (Å²) < 4.78 is 15.9. The first kappa shape index (κ1) is 20.6. The second kappa shape index (κ2) is 8.58. The largest absolute Gasteiger partial charge is 0.336 e. The van der Waals surface area contributed by atoms with Gasteiger partial charge in [0.2, 0.25) is 0 Å². The zero-order valence-corrected chi connectivity index (χ0v) is 17.9. The summed E-state index contributed by atoms with van der Waals surface area (Å²) in [7, 11) is 0. The van der Waals surface area contributed by atoms with Crippen molar-refractivity contribution in [3.05, 3.63) is 81.9 Å². The highest BCUT2D eigenvalue weighted by Gasteiger charge is 2.27. The van der Waals surface area contributed by atoms with Crippen LogP contribution < -0.4 is 0 Å². The van der Waals surface area contributed by atoms with Crippen LogP contribution >= 0.6 is 11.6 Å². The fourth-order valence-electron chi connectivity index (χ4n) is 3.95. The van der Waals surface area contributed by atoms with Crippen molar-refractivity contribution in [2.45, 2.75) is 20.4 Å². The number of amides is 1. The molecule has 1 aliphatic heterocycles. The van der Waals surface area contributed by atoms with E-state index < -0.39 is 0 Å². The lowest BCUT2D eigenvalue weighted by atomic mass is 10.1. The molecule has 4 rings (SSSR count). The van der Waals surface area contributed by atoms with Crippen LogP contribution in [-0.4, -0.2) is 51.7 Å². The van der Waals surface area contributed by atoms with Crippen molar-refractivity contribution in [3.8, 4) is 5.69 Å². The number of aryl methyl sites for hydroxylation is 1. The first-order chi connectivity index (χ1) is 14.5. The molecular formula is C23H24ClFN4O. The van der Waals surface area contributed by atoms with Gasteiger partial charge in [0.1, 0.15) is 5.82 Å². The summed E-state index contributed by atoms with van der Waals surface area (Å²) in [5.74, 6) is -0.295. The highest BCUT2D eigenvalue weighted by molar-refractivity contribution is 6.31. The van der Waals surface area contributed by atoms with Crippen molar-refractivity contribution in [2.24, 2.45) is 0 Å². The summed E-state index contributed by atoms with van der Waals surface area (Å²) in [6.07, 6.45) is 0. The molecule has 1 aromatic heterocycles. The van der Waals surface area contributed by atoms with Gasteiger partial charge in [0.25, 0.3) is 5.91 Å². The predicted molar refractivity (Wildman–Crippen MR) is 116 cm³/mol. The molecule has 0 unspecified atom stereocenters. The van der Waals surface area contributed by atoms with Crippen molar-refractivity contribution in [2.75, 3.05) is 26.2 Å². The summed E-state index contributed by atoms with van der Waals surface area (Å²) in [6, 6.07) is 14.5. The van der Waals surface area contributed by atoms with E-state index in [9.17, 15) is 9.18 Å². The number of carbonyl (C=O) groups excluding carboxylic acids is 1. The third kappa shape index (κ3) is 3.98. The third-order valence-electron chi connectivity index (χ3n) is 5.61. The maximum absolute atomic E-state index is 14.1. The van der Waals surface area contributed by atoms with Crippen molar-refractivity contribution < 1.29 is 9.18 Å². The lowest BCUT2D eigenvalue weighted by molar-refractivity contribution is 0.0625. The van der Waals surface area contributed by atoms with Gasteiger partial charge in [-0.25, -0.2) is 9.07 Å². The zero-order chi connectivity index (χ0) is 21.3. The van der Waals surface area contributed by atoms with Crippen molar-refractivity contribution in [1.82, 2.24) is 19.6 Å². The number of nitrogens with zero attached hydrogens (tertiary/aromatic N) is 4. The fourth-order valence-corrected chi connectivity index (χ4v) is 4.17. The molecule has 0 saturated carbocycles. The van der Waals surface area contributed by atoms with Gasteiger partial charge >= 0.3 is 0 Å². The Bertz CT molecular complexity index is 1040. The summed E-state index contributed by atoms with van der Waals surface area (Å²) >= 11 is 6.16. The first-order valence-corrected chi connectivity index (χ1v) is 10.4. The molecule has 156 valence electrons. The Balaban J connectivity index is 1.46. The van der Waals surface area contributed by atoms with Crippen LogP contribution in [0.25, 0.3) is 5.69 Å². The first-order valence-electron chi connectivity index (χ1n) is 10.0. The molecule has 1 aliphatic rings. The number of benzene rings is 2. The molecule has 5 nitrogen and oxygen atoms in total. The molecule has 3 aromatic rings. The molecule has 0 bridgehead atoms. The van der Waals surface area contributed by atoms with E-state index in [1.165, 1.54) is 6.07 Å². The van der Waals surface area contributed by atoms with E-state index in [2.05, 4.69) is 10.00 Å². The van der Waals surface area contributed by atoms with Crippen molar-refractivity contribution in [1.29, 1.82) is 0 Å². The summed E-state index contributed by atoms with van der Waals surface area (Å²) in [4.78, 5) is 17.2. The average molecular weight is 427 g/mol. The molecule has 1 saturated heterocycles. The van der Waals surface area contributed by atoms with Crippen LogP contribution in [-0.2, 0) is 6.54 Å². The highest BCUT2D eigenvalue weighted by atomic mass is 35.5. The number of hydrogen-bond donors (Lipinski definition) is 0. The molecule has 2 heterocycles. The van der Waals surface area contributed by atoms with Crippen LogP contribution in [0.4, 0.5) is 4.39 Å². The molecule has 2 aromatic carbocycles. The van der Waals surface area contributed by atoms with Crippen LogP contribution in [0.3, 0.4) is 0 Å². The lowest BCUT2D eigenvalue weighted by Gasteiger charge is -2.35. The summed E-state index contributed by atoms with van der Waals surface area (Å²) in [6.45, 7) is 6.74. The van der Waals surface area contributed by atoms with Crippen molar-refractivity contribution in [3.63, 3.8) is 0 Å². The molecule has 0 spiro atoms. The van der Waals surface area contributed by atoms with E-state index >= 15 is 0 Å². The average Bonchev–Trinajstić information content (AvgIpc) is 3.05. The molecule has 1 amide bonds. The van der Waals surface area contributed by atoms with Gasteiger partial charge in [-0.15, -0.1) is 0 Å². The second-order valence-electron chi connectivity index (χ2n) is 7.56. The SMILES string of the molecule is Cc1nn(-c2ccccc2)c(C)c1C(=O)N1CCN(Cc2c(F)cccc2Cl)CC1. The number of carbonyl (C=O) groups is 1. The van der Waals surface area contributed by atoms with E-state index in [0.29, 0.717) is 48.9 Å². The standard InChI is InChI=1S/C23H24ClFN4O/c1-16-22(17(2)29(26-16)18-7-4-3-5-8-18)23(30)28-13-11-27(12-14-28)15-19-20(24)9-6-10-21(19)25/h3-10H,11-15H2,1-2H3. The molecule has 0 atom stereocenters. The molecule has 0 aliphatic carbocycles. The smallest absolute Gasteiger partial charge is 0.257 e. The van der Waals surface area contributed by atoms with Gasteiger partial charge in [0.05, 0.1) is 22.6 Å². The number of piperazine rings is 1. The number of hydrogen-bond acceptors (Lipinski definition) is 3. The minimum Gasteiger partial charge on any atom is -0.336 e. The van der Waals surface area contributed by atoms with Crippen molar-refractivity contribution >= 4 is 17.5 Å². The minimum atomic E-state index is -0.291. The number of rotatable bonds is 4. The minimum absolute atomic E-state index is 0.00393. The quantitative estimate of drug-likeness (QED) is 0.626. The maximum atomic E-state index is 14.1. The number of halogens is 2. The monoisotopic (exact) mass is 426 g/mol. The zero-order valence-electron chi connectivity index (χ0n) is 17.1. The number of aromatic nitrogens is 2. The molecular weight excluding hydrogens is 403 g/mol. The Morgan fingerprint density at radius 3 is 2.40 bits per heavy atom. The Labute approximate surface area is 180 Å². The van der Waals surface area contributed by atoms with E-state index in [4.69, 9.17) is 11.6 Å². The molecule has 7 heteroatoms. The Kier molecular flexibility index (Phi) is 5.88. The van der Waals surface area contributed by atoms with Crippen LogP contribution in [0, 0.1) is 19.7 Å². The fraction of sp³-hybridized carbons (Fsp3) is 0.304. The molecule has 0 N–H and O–H groups in total. The maximum Gasteiger partial charge on any atom is 0.257 e. The normalized spacial score (nSPS) is 14.9. The van der Waals surface area contributed by atoms with E-state index in [1.807, 2.05) is 53.8 Å². The summed E-state index contributed by atoms with van der Waals surface area (Å²) in [5.41, 5.74) is 3.66. The highest BCUT2D eigenvalue weighted by Crippen LogP contribution is 2.23. The van der Waals surface area contributed by atoms with Crippen LogP contribution in [0.1, 0.15) is 27.3 Å². The molecule has 1 fully saturated rings. The van der Waals surface area contributed by atoms with Gasteiger partial charge in [-0.3, -0.25) is 9.69 Å². The number of para-hydroxylation sites is 1. The third-order valence-corrected chi connectivity index (χ3v) is 5.96. The predicted octanol–water partition coefficient (Wildman–Crippen LogP) is 4.24. The van der Waals surface area contributed by atoms with E-state index in [0.717, 1.165) is 17.1 Å². The van der Waals surface area contributed by atoms with Gasteiger partial charge in [-0.1, -0.05) is 35.9 Å². The Morgan fingerprint density at radius 1 is 1.03 bits per heavy atom. The summed E-state index contributed by atoms with van der Waals surface area (Å²) in [5, 5.41) is 5.03. The van der Waals surface area contributed by atoms with Gasteiger partial charge in [0.15, 0.2) is 0 Å². The van der Waals surface area contributed by atoms with Gasteiger partial charge in [-0.05, 0) is 38.1 Å². The lowest BCUT2D eigenvalue weighted by Crippen LogP contribution is -2.48. The second-order valence-corrected chi connectivity index (χ2v) is 7.97. The van der Waals surface area contributed by atoms with E-state index in [-0.39, 0.29) is 11.7 Å². The van der Waals surface area contributed by atoms with Gasteiger partial charge < -0.3 is 4.90 Å². The van der Waals surface area contributed by atoms with Crippen LogP contribution in [0.15, 0.2) is 48.5 Å². The Hall–Kier alpha value is -2.70. The van der Waals surface area contributed by atoms with Gasteiger partial charge in [-0.2, -0.15) is 5.10 Å². The Morgan fingerprint density at radius 2 is 1.73 bits per heavy atom. The molecule has 30 heavy (non-hydrogen) atoms. The van der Waals surface area contributed by atoms with Crippen LogP contribution in [0.5, 0.6) is 0 Å². The molecule has 0 radical (unpaired) electrons. The van der Waals surface area contributed by atoms with E-state index in [1.54, 1.807) is 12.1 Å². The topological polar surface area (TPSA) is 41.4 Å².